The Hall–Kier alpha value is -4.15. The molecule has 8 heteroatoms. The van der Waals surface area contributed by atoms with Crippen LogP contribution in [0.3, 0.4) is 0 Å². The molecule has 5 aromatic carbocycles. The Morgan fingerprint density at radius 3 is 2.12 bits per heavy atom. The van der Waals surface area contributed by atoms with E-state index in [-0.39, 0.29) is 36.3 Å². The Balaban J connectivity index is 1.18. The molecule has 7 nitrogen and oxygen atoms in total. The number of sulfonamides is 1. The highest BCUT2D eigenvalue weighted by atomic mass is 32.2. The summed E-state index contributed by atoms with van der Waals surface area (Å²) in [6.07, 6.45) is -0.0874. The number of rotatable bonds is 12. The van der Waals surface area contributed by atoms with Crippen LogP contribution >= 0.6 is 0 Å². The lowest BCUT2D eigenvalue weighted by Gasteiger charge is -2.39. The van der Waals surface area contributed by atoms with E-state index in [1.165, 1.54) is 5.56 Å². The average Bonchev–Trinajstić information content (AvgIpc) is 3.14. The maximum absolute atomic E-state index is 12.7. The van der Waals surface area contributed by atoms with Gasteiger partial charge in [0.15, 0.2) is 6.29 Å². The van der Waals surface area contributed by atoms with Crippen molar-refractivity contribution in [2.45, 2.75) is 55.9 Å². The van der Waals surface area contributed by atoms with Gasteiger partial charge in [-0.25, -0.2) is 13.1 Å². The molecule has 0 amide bonds. The molecule has 48 heavy (non-hydrogen) atoms. The van der Waals surface area contributed by atoms with Crippen LogP contribution < -0.4 is 4.72 Å². The first-order chi connectivity index (χ1) is 23.3. The Kier molecular flexibility index (Phi) is 10.8. The molecule has 1 heterocycles. The highest BCUT2D eigenvalue weighted by molar-refractivity contribution is 7.89. The lowest BCUT2D eigenvalue weighted by atomic mass is 9.98. The van der Waals surface area contributed by atoms with Gasteiger partial charge in [-0.15, -0.1) is 0 Å². The van der Waals surface area contributed by atoms with Gasteiger partial charge < -0.3 is 14.6 Å². The van der Waals surface area contributed by atoms with Gasteiger partial charge in [-0.05, 0) is 65.6 Å². The van der Waals surface area contributed by atoms with Crippen LogP contribution in [0.4, 0.5) is 0 Å². The van der Waals surface area contributed by atoms with Gasteiger partial charge in [-0.3, -0.25) is 4.90 Å². The van der Waals surface area contributed by atoms with Crippen molar-refractivity contribution in [3.8, 4) is 11.1 Å². The van der Waals surface area contributed by atoms with Crippen LogP contribution in [0.2, 0.25) is 0 Å². The molecule has 0 aromatic heterocycles. The number of hydrogen-bond acceptors (Lipinski definition) is 6. The number of nitrogens with zero attached hydrogens (tertiary/aromatic N) is 1. The van der Waals surface area contributed by atoms with Crippen LogP contribution in [0.25, 0.3) is 11.1 Å². The van der Waals surface area contributed by atoms with E-state index in [4.69, 9.17) is 9.47 Å². The largest absolute Gasteiger partial charge is 0.392 e. The summed E-state index contributed by atoms with van der Waals surface area (Å²) >= 11 is 0. The van der Waals surface area contributed by atoms with E-state index in [9.17, 15) is 13.5 Å². The highest BCUT2D eigenvalue weighted by Gasteiger charge is 2.33. The maximum Gasteiger partial charge on any atom is 0.240 e. The van der Waals surface area contributed by atoms with Crippen LogP contribution in [0, 0.1) is 0 Å². The van der Waals surface area contributed by atoms with Crippen LogP contribution in [0.5, 0.6) is 0 Å². The van der Waals surface area contributed by atoms with Crippen molar-refractivity contribution in [2.24, 2.45) is 0 Å². The predicted octanol–water partition coefficient (Wildman–Crippen LogP) is 7.56. The summed E-state index contributed by atoms with van der Waals surface area (Å²) in [5, 5.41) is 9.55. The van der Waals surface area contributed by atoms with Gasteiger partial charge in [0.05, 0.1) is 23.7 Å². The Morgan fingerprint density at radius 2 is 1.44 bits per heavy atom. The van der Waals surface area contributed by atoms with Crippen molar-refractivity contribution in [3.05, 3.63) is 161 Å². The minimum absolute atomic E-state index is 0.000883. The Morgan fingerprint density at radius 1 is 0.771 bits per heavy atom. The minimum Gasteiger partial charge on any atom is -0.392 e. The number of likely N-dealkylation sites (N-methyl/N-ethyl adjacent to an activating group) is 1. The third-order valence-corrected chi connectivity index (χ3v) is 10.4. The summed E-state index contributed by atoms with van der Waals surface area (Å²) in [6, 6.07) is 43.1. The van der Waals surface area contributed by atoms with Gasteiger partial charge in [-0.2, -0.15) is 0 Å². The zero-order chi connectivity index (χ0) is 33.5. The summed E-state index contributed by atoms with van der Waals surface area (Å²) < 4.78 is 41.4. The lowest BCUT2D eigenvalue weighted by Crippen LogP contribution is -2.38. The van der Waals surface area contributed by atoms with Gasteiger partial charge in [0, 0.05) is 31.1 Å². The van der Waals surface area contributed by atoms with E-state index in [1.54, 1.807) is 30.3 Å². The number of aliphatic hydroxyl groups excluding tert-OH is 1. The zero-order valence-corrected chi connectivity index (χ0v) is 28.1. The molecule has 0 unspecified atom stereocenters. The predicted molar refractivity (Wildman–Crippen MR) is 188 cm³/mol. The first-order valence-electron chi connectivity index (χ1n) is 16.3. The number of benzene rings is 5. The topological polar surface area (TPSA) is 88.1 Å². The number of ether oxygens (including phenoxy) is 2. The SMILES string of the molecule is C[C@@H](c1ccccc1)N(C)C[C@@H]1C[C@H](c2ccc(CO)cc2)O[C@H](c2ccc(-c3cccc(CNS(=O)(=O)c4ccccc4)c3)cc2)O1. The fraction of sp³-hybridized carbons (Fsp3) is 0.250. The molecule has 0 bridgehead atoms. The molecule has 0 radical (unpaired) electrons. The first-order valence-corrected chi connectivity index (χ1v) is 17.8. The quantitative estimate of drug-likeness (QED) is 0.143. The summed E-state index contributed by atoms with van der Waals surface area (Å²) in [4.78, 5) is 2.57. The molecule has 0 aliphatic carbocycles. The normalized spacial score (nSPS) is 18.9. The van der Waals surface area contributed by atoms with Crippen LogP contribution in [-0.2, 0) is 32.6 Å². The molecular weight excluding hydrogens is 621 g/mol. The fourth-order valence-corrected chi connectivity index (χ4v) is 7.09. The Labute approximate surface area is 283 Å². The Bertz CT molecular complexity index is 1870. The molecule has 1 aliphatic rings. The van der Waals surface area contributed by atoms with E-state index < -0.39 is 16.3 Å². The molecule has 248 valence electrons. The van der Waals surface area contributed by atoms with Crippen molar-refractivity contribution in [1.82, 2.24) is 9.62 Å². The smallest absolute Gasteiger partial charge is 0.240 e. The van der Waals surface area contributed by atoms with Crippen molar-refractivity contribution in [3.63, 3.8) is 0 Å². The molecule has 4 atom stereocenters. The zero-order valence-electron chi connectivity index (χ0n) is 27.3. The number of hydrogen-bond donors (Lipinski definition) is 2. The van der Waals surface area contributed by atoms with Crippen molar-refractivity contribution in [1.29, 1.82) is 0 Å². The number of nitrogens with one attached hydrogen (secondary N) is 1. The molecule has 0 spiro atoms. The molecule has 6 rings (SSSR count). The van der Waals surface area contributed by atoms with Crippen molar-refractivity contribution >= 4 is 10.0 Å². The summed E-state index contributed by atoms with van der Waals surface area (Å²) in [7, 11) is -1.47. The lowest BCUT2D eigenvalue weighted by molar-refractivity contribution is -0.253. The highest BCUT2D eigenvalue weighted by Crippen LogP contribution is 2.39. The monoisotopic (exact) mass is 662 g/mol. The van der Waals surface area contributed by atoms with Gasteiger partial charge in [-0.1, -0.05) is 115 Å². The van der Waals surface area contributed by atoms with Crippen LogP contribution in [0.15, 0.2) is 138 Å². The third-order valence-electron chi connectivity index (χ3n) is 9.01. The molecule has 2 N–H and O–H groups in total. The standard InChI is InChI=1S/C40H42N2O5S/c1-29(32-11-5-3-6-12-32)42(2)27-37-25-39(34-18-16-30(28-43)17-19-34)47-40(46-37)35-22-20-33(21-23-35)36-13-9-10-31(24-36)26-41-48(44,45)38-14-7-4-8-15-38/h3-24,29,37,39-41,43H,25-28H2,1-2H3/t29-,37-,39+,40+/m0/s1. The van der Waals surface area contributed by atoms with Gasteiger partial charge in [0.1, 0.15) is 0 Å². The van der Waals surface area contributed by atoms with E-state index >= 15 is 0 Å². The minimum atomic E-state index is -3.61. The summed E-state index contributed by atoms with van der Waals surface area (Å²) in [5.74, 6) is 0. The van der Waals surface area contributed by atoms with Gasteiger partial charge >= 0.3 is 0 Å². The average molecular weight is 663 g/mol. The molecule has 1 aliphatic heterocycles. The summed E-state index contributed by atoms with van der Waals surface area (Å²) in [5.41, 5.74) is 6.95. The van der Waals surface area contributed by atoms with E-state index in [2.05, 4.69) is 47.9 Å². The van der Waals surface area contributed by atoms with Crippen molar-refractivity contribution in [2.75, 3.05) is 13.6 Å². The fourth-order valence-electron chi connectivity index (χ4n) is 6.05. The van der Waals surface area contributed by atoms with Crippen molar-refractivity contribution < 1.29 is 23.0 Å². The van der Waals surface area contributed by atoms with E-state index in [0.717, 1.165) is 39.9 Å². The molecule has 1 fully saturated rings. The molecule has 5 aromatic rings. The maximum atomic E-state index is 12.7. The second-order valence-electron chi connectivity index (χ2n) is 12.3. The second-order valence-corrected chi connectivity index (χ2v) is 14.1. The summed E-state index contributed by atoms with van der Waals surface area (Å²) in [6.45, 7) is 3.14. The van der Waals surface area contributed by atoms with E-state index in [1.807, 2.05) is 78.9 Å². The molecular formula is C40H42N2O5S. The van der Waals surface area contributed by atoms with Gasteiger partial charge in [0.25, 0.3) is 0 Å². The third kappa shape index (κ3) is 8.28. The number of aliphatic hydroxyl groups is 1. The van der Waals surface area contributed by atoms with Crippen LogP contribution in [0.1, 0.15) is 59.6 Å². The molecule has 0 saturated carbocycles. The second kappa shape index (κ2) is 15.4. The first kappa shape index (κ1) is 33.7. The van der Waals surface area contributed by atoms with Crippen LogP contribution in [-0.4, -0.2) is 38.1 Å². The molecule has 1 saturated heterocycles. The van der Waals surface area contributed by atoms with E-state index in [0.29, 0.717) is 6.42 Å². The van der Waals surface area contributed by atoms with Gasteiger partial charge in [0.2, 0.25) is 10.0 Å².